The van der Waals surface area contributed by atoms with Crippen molar-refractivity contribution in [2.45, 2.75) is 11.8 Å². The molecule has 6 nitrogen and oxygen atoms in total. The Morgan fingerprint density at radius 1 is 1.28 bits per heavy atom. The third kappa shape index (κ3) is 4.01. The molecule has 0 saturated carbocycles. The molecule has 1 N–H and O–H groups in total. The van der Waals surface area contributed by atoms with Crippen molar-refractivity contribution in [2.24, 2.45) is 0 Å². The molecule has 1 amide bonds. The van der Waals surface area contributed by atoms with E-state index >= 15 is 0 Å². The number of methoxy groups -OCH3 is 1. The van der Waals surface area contributed by atoms with Gasteiger partial charge in [-0.15, -0.1) is 0 Å². The second kappa shape index (κ2) is 6.36. The monoisotopic (exact) mass is 273 g/mol. The topological polar surface area (TPSA) is 81.7 Å². The average molecular weight is 273 g/mol. The van der Waals surface area contributed by atoms with Crippen LogP contribution < -0.4 is 9.46 Å². The summed E-state index contributed by atoms with van der Waals surface area (Å²) >= 11 is 0. The van der Waals surface area contributed by atoms with Crippen LogP contribution in [0, 0.1) is 0 Å². The number of amides is 1. The van der Waals surface area contributed by atoms with Gasteiger partial charge in [0.05, 0.1) is 11.5 Å². The molecule has 18 heavy (non-hydrogen) atoms. The lowest BCUT2D eigenvalue weighted by molar-refractivity contribution is -0.122. The number of carbonyl (C=O) groups excluding carboxylic acids is 1. The molecule has 0 unspecified atom stereocenters. The summed E-state index contributed by atoms with van der Waals surface area (Å²) in [5.74, 6) is -0.147. The van der Waals surface area contributed by atoms with E-state index in [1.165, 1.54) is 31.4 Å². The van der Waals surface area contributed by atoms with Crippen molar-refractivity contribution in [3.8, 4) is 5.75 Å². The number of hydrogen-bond donors (Lipinski definition) is 1. The standard InChI is InChI=1S/C11H15NO5S/c1-3-17-9-4-6-10(7-5-9)18(14,15)12-11(13)8-16-2/h4-7H,3,8H2,1-2H3,(H,12,13). The van der Waals surface area contributed by atoms with Gasteiger partial charge in [-0.25, -0.2) is 13.1 Å². The van der Waals surface area contributed by atoms with Crippen LogP contribution in [0.15, 0.2) is 29.2 Å². The van der Waals surface area contributed by atoms with Crippen molar-refractivity contribution in [3.05, 3.63) is 24.3 Å². The molecular weight excluding hydrogens is 258 g/mol. The van der Waals surface area contributed by atoms with Crippen LogP contribution >= 0.6 is 0 Å². The second-order valence-electron chi connectivity index (χ2n) is 3.37. The summed E-state index contributed by atoms with van der Waals surface area (Å²) in [5.41, 5.74) is 0. The molecule has 0 saturated heterocycles. The minimum atomic E-state index is -3.85. The molecule has 1 aromatic carbocycles. The van der Waals surface area contributed by atoms with E-state index in [1.807, 2.05) is 11.6 Å². The van der Waals surface area contributed by atoms with Gasteiger partial charge in [-0.2, -0.15) is 0 Å². The van der Waals surface area contributed by atoms with Crippen LogP contribution in [0.1, 0.15) is 6.92 Å². The van der Waals surface area contributed by atoms with E-state index in [2.05, 4.69) is 4.74 Å². The first kappa shape index (κ1) is 14.5. The van der Waals surface area contributed by atoms with Crippen molar-refractivity contribution in [2.75, 3.05) is 20.3 Å². The highest BCUT2D eigenvalue weighted by atomic mass is 32.2. The van der Waals surface area contributed by atoms with Crippen molar-refractivity contribution >= 4 is 15.9 Å². The molecule has 1 aromatic rings. The van der Waals surface area contributed by atoms with Crippen LogP contribution in [0.25, 0.3) is 0 Å². The fourth-order valence-electron chi connectivity index (χ4n) is 1.25. The minimum Gasteiger partial charge on any atom is -0.494 e. The zero-order valence-electron chi connectivity index (χ0n) is 10.2. The summed E-state index contributed by atoms with van der Waals surface area (Å²) < 4.78 is 35.1. The number of ether oxygens (including phenoxy) is 2. The van der Waals surface area contributed by atoms with Crippen LogP contribution in [0.3, 0.4) is 0 Å². The quantitative estimate of drug-likeness (QED) is 0.818. The Hall–Kier alpha value is -1.60. The smallest absolute Gasteiger partial charge is 0.264 e. The van der Waals surface area contributed by atoms with Crippen LogP contribution in [0.5, 0.6) is 5.75 Å². The minimum absolute atomic E-state index is 0.00425. The number of sulfonamides is 1. The fourth-order valence-corrected chi connectivity index (χ4v) is 2.22. The molecule has 0 fully saturated rings. The maximum atomic E-state index is 11.8. The first-order valence-corrected chi connectivity index (χ1v) is 6.75. The highest BCUT2D eigenvalue weighted by molar-refractivity contribution is 7.90. The van der Waals surface area contributed by atoms with E-state index in [0.29, 0.717) is 12.4 Å². The summed E-state index contributed by atoms with van der Waals surface area (Å²) in [6.07, 6.45) is 0. The normalized spacial score (nSPS) is 11.0. The molecular formula is C11H15NO5S. The molecule has 0 bridgehead atoms. The van der Waals surface area contributed by atoms with Gasteiger partial charge < -0.3 is 9.47 Å². The predicted molar refractivity (Wildman–Crippen MR) is 64.8 cm³/mol. The lowest BCUT2D eigenvalue weighted by atomic mass is 10.3. The molecule has 0 aromatic heterocycles. The number of hydrogen-bond acceptors (Lipinski definition) is 5. The Bertz CT molecular complexity index is 495. The van der Waals surface area contributed by atoms with Crippen molar-refractivity contribution in [1.82, 2.24) is 4.72 Å². The van der Waals surface area contributed by atoms with Crippen LogP contribution in [-0.2, 0) is 19.6 Å². The molecule has 100 valence electrons. The van der Waals surface area contributed by atoms with Crippen LogP contribution in [-0.4, -0.2) is 34.6 Å². The van der Waals surface area contributed by atoms with Gasteiger partial charge in [0.1, 0.15) is 12.4 Å². The summed E-state index contributed by atoms with van der Waals surface area (Å²) in [7, 11) is -2.54. The van der Waals surface area contributed by atoms with E-state index in [4.69, 9.17) is 4.74 Å². The summed E-state index contributed by atoms with van der Waals surface area (Å²) in [6.45, 7) is 2.02. The van der Waals surface area contributed by atoms with Crippen LogP contribution in [0.4, 0.5) is 0 Å². The second-order valence-corrected chi connectivity index (χ2v) is 5.05. The van der Waals surface area contributed by atoms with Gasteiger partial charge >= 0.3 is 0 Å². The summed E-state index contributed by atoms with van der Waals surface area (Å²) in [5, 5.41) is 0. The van der Waals surface area contributed by atoms with Crippen molar-refractivity contribution in [1.29, 1.82) is 0 Å². The maximum absolute atomic E-state index is 11.8. The van der Waals surface area contributed by atoms with Gasteiger partial charge in [0.25, 0.3) is 15.9 Å². The SMILES string of the molecule is CCOc1ccc(S(=O)(=O)NC(=O)COC)cc1. The Balaban J connectivity index is 2.82. The van der Waals surface area contributed by atoms with Gasteiger partial charge in [0, 0.05) is 7.11 Å². The number of rotatable bonds is 6. The Morgan fingerprint density at radius 3 is 2.39 bits per heavy atom. The van der Waals surface area contributed by atoms with E-state index in [-0.39, 0.29) is 11.5 Å². The third-order valence-electron chi connectivity index (χ3n) is 1.97. The number of benzene rings is 1. The lowest BCUT2D eigenvalue weighted by Gasteiger charge is -2.07. The van der Waals surface area contributed by atoms with E-state index < -0.39 is 15.9 Å². The molecule has 1 rings (SSSR count). The first-order chi connectivity index (χ1) is 8.49. The highest BCUT2D eigenvalue weighted by Gasteiger charge is 2.17. The Kier molecular flexibility index (Phi) is 5.11. The predicted octanol–water partition coefficient (Wildman–Crippen LogP) is 0.537. The van der Waals surface area contributed by atoms with Crippen molar-refractivity contribution < 1.29 is 22.7 Å². The molecule has 0 aliphatic carbocycles. The molecule has 0 aliphatic rings. The molecule has 0 heterocycles. The van der Waals surface area contributed by atoms with Gasteiger partial charge in [-0.1, -0.05) is 0 Å². The molecule has 7 heteroatoms. The van der Waals surface area contributed by atoms with E-state index in [1.54, 1.807) is 0 Å². The molecule has 0 aliphatic heterocycles. The largest absolute Gasteiger partial charge is 0.494 e. The van der Waals surface area contributed by atoms with Crippen molar-refractivity contribution in [3.63, 3.8) is 0 Å². The average Bonchev–Trinajstić information content (AvgIpc) is 2.29. The highest BCUT2D eigenvalue weighted by Crippen LogP contribution is 2.15. The fraction of sp³-hybridized carbons (Fsp3) is 0.364. The number of nitrogens with one attached hydrogen (secondary N) is 1. The van der Waals surface area contributed by atoms with Gasteiger partial charge in [0.15, 0.2) is 0 Å². The number of carbonyl (C=O) groups is 1. The van der Waals surface area contributed by atoms with Crippen LogP contribution in [0.2, 0.25) is 0 Å². The van der Waals surface area contributed by atoms with Gasteiger partial charge in [-0.3, -0.25) is 4.79 Å². The van der Waals surface area contributed by atoms with Gasteiger partial charge in [-0.05, 0) is 31.2 Å². The zero-order chi connectivity index (χ0) is 13.6. The molecule has 0 spiro atoms. The Labute approximate surface area is 106 Å². The third-order valence-corrected chi connectivity index (χ3v) is 3.36. The van der Waals surface area contributed by atoms with E-state index in [9.17, 15) is 13.2 Å². The Morgan fingerprint density at radius 2 is 1.89 bits per heavy atom. The lowest BCUT2D eigenvalue weighted by Crippen LogP contribution is -2.33. The zero-order valence-corrected chi connectivity index (χ0v) is 11.0. The van der Waals surface area contributed by atoms with Gasteiger partial charge in [0.2, 0.25) is 0 Å². The van der Waals surface area contributed by atoms with E-state index in [0.717, 1.165) is 0 Å². The molecule has 0 radical (unpaired) electrons. The summed E-state index contributed by atoms with van der Waals surface area (Å²) in [4.78, 5) is 11.2. The first-order valence-electron chi connectivity index (χ1n) is 5.27. The molecule has 0 atom stereocenters. The maximum Gasteiger partial charge on any atom is 0.264 e. The summed E-state index contributed by atoms with van der Waals surface area (Å²) in [6, 6.07) is 5.79.